The van der Waals surface area contributed by atoms with Crippen LogP contribution in [0.15, 0.2) is 48.5 Å². The predicted molar refractivity (Wildman–Crippen MR) is 128 cm³/mol. The summed E-state index contributed by atoms with van der Waals surface area (Å²) in [4.78, 5) is 38.7. The Bertz CT molecular complexity index is 1030. The summed E-state index contributed by atoms with van der Waals surface area (Å²) in [6.45, 7) is 3.04. The highest BCUT2D eigenvalue weighted by Gasteiger charge is 2.38. The van der Waals surface area contributed by atoms with E-state index in [1.54, 1.807) is 0 Å². The zero-order valence-electron chi connectivity index (χ0n) is 19.5. The van der Waals surface area contributed by atoms with Gasteiger partial charge in [-0.15, -0.1) is 0 Å². The lowest BCUT2D eigenvalue weighted by molar-refractivity contribution is -0.141. The largest absolute Gasteiger partial charge is 0.480 e. The van der Waals surface area contributed by atoms with Crippen LogP contribution in [-0.4, -0.2) is 66.3 Å². The Labute approximate surface area is 199 Å². The van der Waals surface area contributed by atoms with E-state index in [4.69, 9.17) is 9.84 Å². The molecule has 3 N–H and O–H groups in total. The number of carboxylic acid groups (broad SMARTS) is 1. The van der Waals surface area contributed by atoms with E-state index in [2.05, 4.69) is 39.8 Å². The third kappa shape index (κ3) is 5.07. The molecule has 2 amide bonds. The van der Waals surface area contributed by atoms with Crippen molar-refractivity contribution in [2.45, 2.75) is 43.7 Å². The summed E-state index contributed by atoms with van der Waals surface area (Å²) in [5, 5.41) is 14.5. The topological polar surface area (TPSA) is 108 Å². The van der Waals surface area contributed by atoms with Crippen LogP contribution >= 0.6 is 0 Å². The van der Waals surface area contributed by atoms with E-state index in [1.165, 1.54) is 6.92 Å². The summed E-state index contributed by atoms with van der Waals surface area (Å²) in [5.74, 6) is -1.56. The molecule has 8 heteroatoms. The smallest absolute Gasteiger partial charge is 0.407 e. The van der Waals surface area contributed by atoms with Crippen molar-refractivity contribution in [2.75, 3.05) is 26.7 Å². The number of ether oxygens (including phenoxy) is 1. The van der Waals surface area contributed by atoms with E-state index in [0.29, 0.717) is 25.9 Å². The van der Waals surface area contributed by atoms with Gasteiger partial charge in [0.2, 0.25) is 5.91 Å². The molecule has 0 bridgehead atoms. The molecule has 0 radical (unpaired) electrons. The van der Waals surface area contributed by atoms with Crippen molar-refractivity contribution < 1.29 is 24.2 Å². The Morgan fingerprint density at radius 2 is 1.62 bits per heavy atom. The van der Waals surface area contributed by atoms with Gasteiger partial charge in [0.15, 0.2) is 0 Å². The molecular weight excluding hydrogens is 434 g/mol. The molecule has 1 atom stereocenters. The van der Waals surface area contributed by atoms with Crippen LogP contribution in [0.3, 0.4) is 0 Å². The summed E-state index contributed by atoms with van der Waals surface area (Å²) < 4.78 is 5.71. The first-order valence-electron chi connectivity index (χ1n) is 11.6. The minimum Gasteiger partial charge on any atom is -0.480 e. The van der Waals surface area contributed by atoms with Crippen LogP contribution in [-0.2, 0) is 14.3 Å². The Balaban J connectivity index is 1.43. The van der Waals surface area contributed by atoms with E-state index in [-0.39, 0.29) is 18.9 Å². The quantitative estimate of drug-likeness (QED) is 0.580. The molecule has 0 saturated carbocycles. The highest BCUT2D eigenvalue weighted by molar-refractivity contribution is 5.84. The van der Waals surface area contributed by atoms with E-state index in [0.717, 1.165) is 22.3 Å². The maximum absolute atomic E-state index is 12.9. The second-order valence-electron chi connectivity index (χ2n) is 9.34. The average Bonchev–Trinajstić information content (AvgIpc) is 3.13. The van der Waals surface area contributed by atoms with Gasteiger partial charge in [0.1, 0.15) is 12.6 Å². The van der Waals surface area contributed by atoms with Crippen LogP contribution in [0, 0.1) is 0 Å². The molecule has 0 spiro atoms. The lowest BCUT2D eigenvalue weighted by atomic mass is 9.84. The Morgan fingerprint density at radius 3 is 2.18 bits per heavy atom. The molecule has 34 heavy (non-hydrogen) atoms. The van der Waals surface area contributed by atoms with Crippen molar-refractivity contribution >= 4 is 18.0 Å². The zero-order chi connectivity index (χ0) is 24.3. The third-order valence-corrected chi connectivity index (χ3v) is 6.90. The van der Waals surface area contributed by atoms with Gasteiger partial charge < -0.3 is 25.4 Å². The second kappa shape index (κ2) is 9.85. The summed E-state index contributed by atoms with van der Waals surface area (Å²) in [7, 11) is 1.99. The number of alkyl carbamates (subject to hydrolysis) is 1. The third-order valence-electron chi connectivity index (χ3n) is 6.90. The lowest BCUT2D eigenvalue weighted by Crippen LogP contribution is -2.57. The van der Waals surface area contributed by atoms with Gasteiger partial charge >= 0.3 is 12.1 Å². The number of rotatable bonds is 7. The number of amides is 2. The molecule has 2 aliphatic rings. The number of hydrogen-bond donors (Lipinski definition) is 3. The van der Waals surface area contributed by atoms with Crippen molar-refractivity contribution in [3.63, 3.8) is 0 Å². The van der Waals surface area contributed by atoms with Crippen molar-refractivity contribution in [3.8, 4) is 11.1 Å². The molecule has 1 aliphatic heterocycles. The molecular formula is C26H31N3O5. The number of nitrogens with zero attached hydrogens (tertiary/aromatic N) is 1. The van der Waals surface area contributed by atoms with Crippen LogP contribution in [0.1, 0.15) is 43.2 Å². The number of carboxylic acids is 1. The second-order valence-corrected chi connectivity index (χ2v) is 9.34. The van der Waals surface area contributed by atoms with Gasteiger partial charge in [0.05, 0.1) is 5.54 Å². The van der Waals surface area contributed by atoms with Crippen molar-refractivity contribution in [2.24, 2.45) is 0 Å². The fourth-order valence-corrected chi connectivity index (χ4v) is 4.91. The summed E-state index contributed by atoms with van der Waals surface area (Å²) in [5.41, 5.74) is 3.79. The normalized spacial score (nSPS) is 17.8. The van der Waals surface area contributed by atoms with Crippen LogP contribution in [0.25, 0.3) is 11.1 Å². The Hall–Kier alpha value is -3.39. The molecule has 4 rings (SSSR count). The van der Waals surface area contributed by atoms with Crippen LogP contribution in [0.2, 0.25) is 0 Å². The SMILES string of the molecule is CC(NC(=O)CC1(NC(=O)OCC2c3ccccc3-c3ccccc32)CCN(C)CC1)C(=O)O. The van der Waals surface area contributed by atoms with Crippen LogP contribution < -0.4 is 10.6 Å². The van der Waals surface area contributed by atoms with Gasteiger partial charge in [-0.25, -0.2) is 4.79 Å². The summed E-state index contributed by atoms with van der Waals surface area (Å²) in [6, 6.07) is 15.3. The van der Waals surface area contributed by atoms with Gasteiger partial charge in [0.25, 0.3) is 0 Å². The molecule has 8 nitrogen and oxygen atoms in total. The van der Waals surface area contributed by atoms with Crippen LogP contribution in [0.5, 0.6) is 0 Å². The molecule has 1 fully saturated rings. The van der Waals surface area contributed by atoms with Gasteiger partial charge in [0, 0.05) is 25.4 Å². The van der Waals surface area contributed by atoms with E-state index in [9.17, 15) is 14.4 Å². The van der Waals surface area contributed by atoms with Crippen LogP contribution in [0.4, 0.5) is 4.79 Å². The van der Waals surface area contributed by atoms with Gasteiger partial charge in [-0.1, -0.05) is 48.5 Å². The number of carbonyl (C=O) groups is 3. The van der Waals surface area contributed by atoms with E-state index in [1.807, 2.05) is 31.3 Å². The maximum atomic E-state index is 12.9. The van der Waals surface area contributed by atoms with Crippen molar-refractivity contribution in [3.05, 3.63) is 59.7 Å². The van der Waals surface area contributed by atoms with E-state index < -0.39 is 29.6 Å². The summed E-state index contributed by atoms with van der Waals surface area (Å²) in [6.07, 6.45) is 0.582. The number of aliphatic carboxylic acids is 1. The number of piperidine rings is 1. The van der Waals surface area contributed by atoms with Crippen molar-refractivity contribution in [1.82, 2.24) is 15.5 Å². The number of carbonyl (C=O) groups excluding carboxylic acids is 2. The average molecular weight is 466 g/mol. The first-order valence-corrected chi connectivity index (χ1v) is 11.6. The standard InChI is InChI=1S/C26H31N3O5/c1-17(24(31)32)27-23(30)15-26(11-13-29(2)14-12-26)28-25(33)34-16-22-20-9-5-3-7-18(20)19-8-4-6-10-21(19)22/h3-10,17,22H,11-16H2,1-2H3,(H,27,30)(H,28,33)(H,31,32). The number of fused-ring (bicyclic) bond motifs is 3. The molecule has 2 aromatic rings. The number of hydrogen-bond acceptors (Lipinski definition) is 5. The number of benzene rings is 2. The number of likely N-dealkylation sites (tertiary alicyclic amines) is 1. The zero-order valence-corrected chi connectivity index (χ0v) is 19.5. The van der Waals surface area contributed by atoms with Crippen molar-refractivity contribution in [1.29, 1.82) is 0 Å². The lowest BCUT2D eigenvalue weighted by Gasteiger charge is -2.40. The van der Waals surface area contributed by atoms with E-state index >= 15 is 0 Å². The molecule has 1 aliphatic carbocycles. The Morgan fingerprint density at radius 1 is 1.06 bits per heavy atom. The fourth-order valence-electron chi connectivity index (χ4n) is 4.91. The number of nitrogens with one attached hydrogen (secondary N) is 2. The molecule has 180 valence electrons. The molecule has 2 aromatic carbocycles. The molecule has 1 saturated heterocycles. The first kappa shape index (κ1) is 23.8. The highest BCUT2D eigenvalue weighted by Crippen LogP contribution is 2.44. The fraction of sp³-hybridized carbons (Fsp3) is 0.423. The summed E-state index contributed by atoms with van der Waals surface area (Å²) >= 11 is 0. The first-order chi connectivity index (χ1) is 16.3. The highest BCUT2D eigenvalue weighted by atomic mass is 16.5. The minimum atomic E-state index is -1.10. The van der Waals surface area contributed by atoms with Gasteiger partial charge in [-0.2, -0.15) is 0 Å². The maximum Gasteiger partial charge on any atom is 0.407 e. The molecule has 0 aromatic heterocycles. The van der Waals surface area contributed by atoms with Gasteiger partial charge in [-0.3, -0.25) is 9.59 Å². The molecule has 1 heterocycles. The monoisotopic (exact) mass is 465 g/mol. The molecule has 1 unspecified atom stereocenters. The predicted octanol–water partition coefficient (Wildman–Crippen LogP) is 2.97. The van der Waals surface area contributed by atoms with Gasteiger partial charge in [-0.05, 0) is 49.1 Å². The minimum absolute atomic E-state index is 0.00263. The Kier molecular flexibility index (Phi) is 6.88.